The van der Waals surface area contributed by atoms with Crippen molar-refractivity contribution in [1.82, 2.24) is 20.9 Å². The lowest BCUT2D eigenvalue weighted by Crippen LogP contribution is -2.62. The molecular weight excluding hydrogens is 484 g/mol. The summed E-state index contributed by atoms with van der Waals surface area (Å²) in [6.07, 6.45) is 9.61. The summed E-state index contributed by atoms with van der Waals surface area (Å²) < 4.78 is 0. The standard InChI is InChI=1S/C30H47ClN4O2/c1-21(2)28(36)34-30(24-7-5-4-6-8-24)13-15-35(16-14-30)29(37)27(18-23-9-11-25(31)12-10-23)33-20-26-17-22(3)19-32-26/h9-12,21-22,24,26-27,32-33H,4-8,13-20H2,1-3H3,(H,34,36)/t22?,26?,27-/m1/s1. The van der Waals surface area contributed by atoms with Gasteiger partial charge in [0.15, 0.2) is 0 Å². The molecule has 2 heterocycles. The van der Waals surface area contributed by atoms with Crippen LogP contribution in [0.15, 0.2) is 24.3 Å². The third-order valence-corrected chi connectivity index (χ3v) is 9.21. The zero-order valence-corrected chi connectivity index (χ0v) is 23.8. The quantitative estimate of drug-likeness (QED) is 0.438. The molecule has 0 aromatic heterocycles. The fourth-order valence-electron chi connectivity index (χ4n) is 6.59. The minimum atomic E-state index is -0.272. The smallest absolute Gasteiger partial charge is 0.240 e. The number of piperidine rings is 1. The number of carbonyl (C=O) groups excluding carboxylic acids is 2. The summed E-state index contributed by atoms with van der Waals surface area (Å²) in [4.78, 5) is 28.8. The van der Waals surface area contributed by atoms with Gasteiger partial charge in [-0.3, -0.25) is 9.59 Å². The number of carbonyl (C=O) groups is 2. The van der Waals surface area contributed by atoms with E-state index in [1.165, 1.54) is 32.1 Å². The second-order valence-corrected chi connectivity index (χ2v) is 12.6. The van der Waals surface area contributed by atoms with Crippen LogP contribution < -0.4 is 16.0 Å². The average molecular weight is 531 g/mol. The van der Waals surface area contributed by atoms with E-state index in [0.29, 0.717) is 42.4 Å². The van der Waals surface area contributed by atoms with Crippen molar-refractivity contribution in [1.29, 1.82) is 0 Å². The maximum absolute atomic E-state index is 13.9. The highest BCUT2D eigenvalue weighted by atomic mass is 35.5. The van der Waals surface area contributed by atoms with Gasteiger partial charge in [0.25, 0.3) is 0 Å². The fourth-order valence-corrected chi connectivity index (χ4v) is 6.72. The van der Waals surface area contributed by atoms with E-state index >= 15 is 0 Å². The molecule has 7 heteroatoms. The van der Waals surface area contributed by atoms with Crippen molar-refractivity contribution in [3.8, 4) is 0 Å². The van der Waals surface area contributed by atoms with Crippen LogP contribution in [-0.4, -0.2) is 60.5 Å². The Hall–Kier alpha value is -1.63. The number of nitrogens with zero attached hydrogens (tertiary/aromatic N) is 1. The minimum absolute atomic E-state index is 0.0278. The van der Waals surface area contributed by atoms with Crippen molar-refractivity contribution in [3.05, 3.63) is 34.9 Å². The van der Waals surface area contributed by atoms with Gasteiger partial charge >= 0.3 is 0 Å². The first kappa shape index (κ1) is 28.4. The van der Waals surface area contributed by atoms with Crippen molar-refractivity contribution in [2.45, 2.75) is 96.2 Å². The minimum Gasteiger partial charge on any atom is -0.350 e. The van der Waals surface area contributed by atoms with E-state index in [9.17, 15) is 9.59 Å². The summed E-state index contributed by atoms with van der Waals surface area (Å²) >= 11 is 6.11. The Morgan fingerprint density at radius 1 is 1.11 bits per heavy atom. The summed E-state index contributed by atoms with van der Waals surface area (Å²) in [7, 11) is 0. The van der Waals surface area contributed by atoms with Crippen molar-refractivity contribution in [2.75, 3.05) is 26.2 Å². The third-order valence-electron chi connectivity index (χ3n) is 8.95. The number of nitrogens with one attached hydrogen (secondary N) is 3. The second kappa shape index (κ2) is 12.9. The zero-order valence-electron chi connectivity index (χ0n) is 23.0. The number of amides is 2. The van der Waals surface area contributed by atoms with Gasteiger partial charge in [0.1, 0.15) is 0 Å². The van der Waals surface area contributed by atoms with Gasteiger partial charge in [0.2, 0.25) is 11.8 Å². The van der Waals surface area contributed by atoms with Crippen molar-refractivity contribution < 1.29 is 9.59 Å². The van der Waals surface area contributed by atoms with E-state index in [-0.39, 0.29) is 29.3 Å². The normalized spacial score (nSPS) is 25.3. The van der Waals surface area contributed by atoms with Gasteiger partial charge in [0, 0.05) is 42.2 Å². The Labute approximate surface area is 228 Å². The van der Waals surface area contributed by atoms with Crippen molar-refractivity contribution >= 4 is 23.4 Å². The van der Waals surface area contributed by atoms with Crippen LogP contribution in [0.4, 0.5) is 0 Å². The Morgan fingerprint density at radius 2 is 1.78 bits per heavy atom. The lowest BCUT2D eigenvalue weighted by Gasteiger charge is -2.49. The molecule has 3 atom stereocenters. The molecule has 3 fully saturated rings. The topological polar surface area (TPSA) is 73.5 Å². The molecule has 2 amide bonds. The van der Waals surface area contributed by atoms with Crippen LogP contribution in [0.2, 0.25) is 5.02 Å². The van der Waals surface area contributed by atoms with E-state index in [2.05, 4.69) is 22.9 Å². The largest absolute Gasteiger partial charge is 0.350 e. The Bertz CT molecular complexity index is 891. The summed E-state index contributed by atoms with van der Waals surface area (Å²) in [6, 6.07) is 7.97. The van der Waals surface area contributed by atoms with Gasteiger partial charge < -0.3 is 20.9 Å². The molecular formula is C30H47ClN4O2. The van der Waals surface area contributed by atoms with E-state index in [1.54, 1.807) is 0 Å². The fraction of sp³-hybridized carbons (Fsp3) is 0.733. The number of rotatable bonds is 9. The highest BCUT2D eigenvalue weighted by Crippen LogP contribution is 2.39. The van der Waals surface area contributed by atoms with Crippen LogP contribution in [0.3, 0.4) is 0 Å². The molecule has 0 bridgehead atoms. The first-order valence-corrected chi connectivity index (χ1v) is 15.0. The third kappa shape index (κ3) is 7.48. The molecule has 3 N–H and O–H groups in total. The molecule has 37 heavy (non-hydrogen) atoms. The maximum Gasteiger partial charge on any atom is 0.240 e. The molecule has 2 saturated heterocycles. The van der Waals surface area contributed by atoms with Crippen molar-refractivity contribution in [2.24, 2.45) is 17.8 Å². The van der Waals surface area contributed by atoms with E-state index < -0.39 is 0 Å². The van der Waals surface area contributed by atoms with Gasteiger partial charge in [-0.2, -0.15) is 0 Å². The molecule has 0 spiro atoms. The van der Waals surface area contributed by atoms with Gasteiger partial charge in [-0.25, -0.2) is 0 Å². The predicted molar refractivity (Wildman–Crippen MR) is 151 cm³/mol. The van der Waals surface area contributed by atoms with Crippen LogP contribution in [0.1, 0.15) is 77.7 Å². The predicted octanol–water partition coefficient (Wildman–Crippen LogP) is 4.55. The second-order valence-electron chi connectivity index (χ2n) is 12.2. The van der Waals surface area contributed by atoms with Crippen LogP contribution >= 0.6 is 11.6 Å². The van der Waals surface area contributed by atoms with Gasteiger partial charge in [-0.15, -0.1) is 0 Å². The lowest BCUT2D eigenvalue weighted by molar-refractivity contribution is -0.136. The highest BCUT2D eigenvalue weighted by Gasteiger charge is 2.44. The lowest BCUT2D eigenvalue weighted by atomic mass is 9.69. The average Bonchev–Trinajstić information content (AvgIpc) is 3.33. The SMILES string of the molecule is CC1CNC(CN[C@H](Cc2ccc(Cl)cc2)C(=O)N2CCC(NC(=O)C(C)C)(C3CCCCC3)CC2)C1. The highest BCUT2D eigenvalue weighted by molar-refractivity contribution is 6.30. The summed E-state index contributed by atoms with van der Waals surface area (Å²) in [5, 5.41) is 11.4. The summed E-state index contributed by atoms with van der Waals surface area (Å²) in [5.74, 6) is 1.48. The molecule has 2 unspecified atom stereocenters. The first-order chi connectivity index (χ1) is 17.8. The zero-order chi connectivity index (χ0) is 26.4. The Kier molecular flexibility index (Phi) is 9.93. The van der Waals surface area contributed by atoms with Crippen LogP contribution in [0, 0.1) is 17.8 Å². The van der Waals surface area contributed by atoms with E-state index in [4.69, 9.17) is 11.6 Å². The number of hydrogen-bond donors (Lipinski definition) is 3. The van der Waals surface area contributed by atoms with Gasteiger partial charge in [-0.05, 0) is 74.6 Å². The maximum atomic E-state index is 13.9. The molecule has 2 aliphatic heterocycles. The molecule has 206 valence electrons. The Balaban J connectivity index is 1.44. The van der Waals surface area contributed by atoms with Crippen LogP contribution in [0.25, 0.3) is 0 Å². The molecule has 1 aromatic carbocycles. The summed E-state index contributed by atoms with van der Waals surface area (Å²) in [6.45, 7) is 9.44. The molecule has 3 aliphatic rings. The number of hydrogen-bond acceptors (Lipinski definition) is 4. The van der Waals surface area contributed by atoms with Crippen molar-refractivity contribution in [3.63, 3.8) is 0 Å². The number of likely N-dealkylation sites (tertiary alicyclic amines) is 1. The molecule has 6 nitrogen and oxygen atoms in total. The molecule has 1 aliphatic carbocycles. The molecule has 4 rings (SSSR count). The van der Waals surface area contributed by atoms with Gasteiger partial charge in [0.05, 0.1) is 6.04 Å². The van der Waals surface area contributed by atoms with Crippen LogP contribution in [0.5, 0.6) is 0 Å². The van der Waals surface area contributed by atoms with Crippen LogP contribution in [-0.2, 0) is 16.0 Å². The molecule has 1 aromatic rings. The molecule has 1 saturated carbocycles. The Morgan fingerprint density at radius 3 is 2.38 bits per heavy atom. The number of benzene rings is 1. The van der Waals surface area contributed by atoms with E-state index in [0.717, 1.165) is 37.9 Å². The molecule has 0 radical (unpaired) electrons. The monoisotopic (exact) mass is 530 g/mol. The first-order valence-electron chi connectivity index (χ1n) is 14.6. The summed E-state index contributed by atoms with van der Waals surface area (Å²) in [5.41, 5.74) is 0.933. The van der Waals surface area contributed by atoms with E-state index in [1.807, 2.05) is 43.0 Å². The number of halogens is 1. The van der Waals surface area contributed by atoms with Gasteiger partial charge in [-0.1, -0.05) is 63.8 Å².